The van der Waals surface area contributed by atoms with Gasteiger partial charge in [-0.3, -0.25) is 19.2 Å². The molecular formula is C40H62N4O4. The van der Waals surface area contributed by atoms with Crippen molar-refractivity contribution in [3.8, 4) is 0 Å². The van der Waals surface area contributed by atoms with E-state index in [1.807, 2.05) is 25.3 Å². The third-order valence-corrected chi connectivity index (χ3v) is 8.50. The molecule has 266 valence electrons. The number of unbranched alkanes of at least 4 members (excludes halogenated alkanes) is 6. The lowest BCUT2D eigenvalue weighted by atomic mass is 9.94. The predicted octanol–water partition coefficient (Wildman–Crippen LogP) is 7.19. The fraction of sp³-hybridized carbons (Fsp3) is 0.550. The van der Waals surface area contributed by atoms with Gasteiger partial charge in [0.05, 0.1) is 0 Å². The Kier molecular flexibility index (Phi) is 23.7. The summed E-state index contributed by atoms with van der Waals surface area (Å²) in [5.41, 5.74) is 0. The van der Waals surface area contributed by atoms with E-state index in [0.717, 1.165) is 70.8 Å². The molecule has 0 spiro atoms. The smallest absolute Gasteiger partial charge is 0.246 e. The number of carbonyl (C=O) groups excluding carboxylic acids is 4. The molecule has 0 aliphatic heterocycles. The molecule has 1 aliphatic rings. The highest BCUT2D eigenvalue weighted by Crippen LogP contribution is 2.23. The fourth-order valence-electron chi connectivity index (χ4n) is 5.58. The second-order valence-corrected chi connectivity index (χ2v) is 12.3. The van der Waals surface area contributed by atoms with E-state index >= 15 is 0 Å². The summed E-state index contributed by atoms with van der Waals surface area (Å²) >= 11 is 0. The van der Waals surface area contributed by atoms with E-state index in [1.165, 1.54) is 37.5 Å². The van der Waals surface area contributed by atoms with Crippen LogP contribution in [0.2, 0.25) is 0 Å². The number of likely N-dealkylation sites (N-methyl/N-ethyl adjacent to an activating group) is 1. The highest BCUT2D eigenvalue weighted by Gasteiger charge is 2.23. The van der Waals surface area contributed by atoms with E-state index in [9.17, 15) is 19.2 Å². The Morgan fingerprint density at radius 2 is 1.23 bits per heavy atom. The number of hydrogen-bond acceptors (Lipinski definition) is 4. The van der Waals surface area contributed by atoms with Gasteiger partial charge in [-0.25, -0.2) is 0 Å². The largest absolute Gasteiger partial charge is 0.342 e. The Morgan fingerprint density at radius 3 is 1.85 bits per heavy atom. The van der Waals surface area contributed by atoms with Crippen molar-refractivity contribution in [3.05, 3.63) is 86.6 Å². The number of nitrogens with zero attached hydrogens (tertiary/aromatic N) is 4. The molecule has 48 heavy (non-hydrogen) atoms. The van der Waals surface area contributed by atoms with Crippen LogP contribution in [0.5, 0.6) is 0 Å². The van der Waals surface area contributed by atoms with Crippen LogP contribution in [0.3, 0.4) is 0 Å². The van der Waals surface area contributed by atoms with Gasteiger partial charge in [-0.1, -0.05) is 108 Å². The summed E-state index contributed by atoms with van der Waals surface area (Å²) in [4.78, 5) is 56.5. The number of carbonyl (C=O) groups is 4. The Labute approximate surface area is 291 Å². The fourth-order valence-corrected chi connectivity index (χ4v) is 5.58. The van der Waals surface area contributed by atoms with Crippen LogP contribution >= 0.6 is 0 Å². The second-order valence-electron chi connectivity index (χ2n) is 12.3. The number of hydrogen-bond donors (Lipinski definition) is 0. The maximum absolute atomic E-state index is 12.9. The molecule has 0 aromatic carbocycles. The molecule has 0 heterocycles. The molecular weight excluding hydrogens is 600 g/mol. The molecule has 0 unspecified atom stereocenters. The summed E-state index contributed by atoms with van der Waals surface area (Å²) in [6, 6.07) is 0.423. The molecule has 8 heteroatoms. The maximum Gasteiger partial charge on any atom is 0.246 e. The molecule has 1 saturated carbocycles. The van der Waals surface area contributed by atoms with E-state index in [1.54, 1.807) is 39.0 Å². The van der Waals surface area contributed by atoms with Gasteiger partial charge >= 0.3 is 0 Å². The molecule has 1 fully saturated rings. The zero-order chi connectivity index (χ0) is 35.4. The molecule has 0 N–H and O–H groups in total. The summed E-state index contributed by atoms with van der Waals surface area (Å²) in [5, 5.41) is 0. The summed E-state index contributed by atoms with van der Waals surface area (Å²) in [7, 11) is 1.81. The predicted molar refractivity (Wildman–Crippen MR) is 199 cm³/mol. The minimum absolute atomic E-state index is 0.0595. The van der Waals surface area contributed by atoms with Crippen LogP contribution in [-0.4, -0.2) is 95.6 Å². The van der Waals surface area contributed by atoms with Crippen molar-refractivity contribution in [2.24, 2.45) is 0 Å². The quantitative estimate of drug-likeness (QED) is 0.0449. The van der Waals surface area contributed by atoms with Crippen molar-refractivity contribution in [1.29, 1.82) is 0 Å². The van der Waals surface area contributed by atoms with Crippen LogP contribution < -0.4 is 0 Å². The van der Waals surface area contributed by atoms with Crippen molar-refractivity contribution in [2.75, 3.05) is 46.3 Å². The van der Waals surface area contributed by atoms with Gasteiger partial charge in [0.25, 0.3) is 0 Å². The Balaban J connectivity index is 2.31. The average Bonchev–Trinajstić information content (AvgIpc) is 3.10. The van der Waals surface area contributed by atoms with Crippen molar-refractivity contribution in [2.45, 2.75) is 96.4 Å². The normalized spacial score (nSPS) is 13.7. The molecule has 4 amide bonds. The standard InChI is InChI=1S/C40H62N4O4/c1-6-10-35-44(36-26-18-16-19-27-36)40(48)29-20-14-12-11-13-15-22-31-41(5)39(47)28-21-17-23-32-43(38(46)9-4)34-25-24-33-42(30-7-2)37(45)8-3/h7-9,17,20-21,23-25,28-29,36H,2-4,6,10-16,18-19,22,26-27,30-35H2,1,5H3/b23-17-,25-24+,28-21-,29-20+. The van der Waals surface area contributed by atoms with Crippen molar-refractivity contribution < 1.29 is 19.2 Å². The van der Waals surface area contributed by atoms with Crippen LogP contribution in [0.1, 0.15) is 90.4 Å². The first-order chi connectivity index (χ1) is 23.3. The zero-order valence-electron chi connectivity index (χ0n) is 29.9. The lowest BCUT2D eigenvalue weighted by Crippen LogP contribution is -2.41. The van der Waals surface area contributed by atoms with Crippen molar-refractivity contribution >= 4 is 23.6 Å². The highest BCUT2D eigenvalue weighted by molar-refractivity contribution is 5.89. The van der Waals surface area contributed by atoms with Gasteiger partial charge < -0.3 is 19.6 Å². The second kappa shape index (κ2) is 27.1. The average molecular weight is 663 g/mol. The van der Waals surface area contributed by atoms with Gasteiger partial charge in [0.2, 0.25) is 23.6 Å². The van der Waals surface area contributed by atoms with Gasteiger partial charge in [-0.2, -0.15) is 0 Å². The summed E-state index contributed by atoms with van der Waals surface area (Å²) in [6.07, 6.45) is 33.0. The summed E-state index contributed by atoms with van der Waals surface area (Å²) in [5.74, 6) is -0.263. The third-order valence-electron chi connectivity index (χ3n) is 8.50. The first kappa shape index (κ1) is 42.1. The topological polar surface area (TPSA) is 81.2 Å². The van der Waals surface area contributed by atoms with Crippen LogP contribution in [0.15, 0.2) is 86.6 Å². The molecule has 0 saturated heterocycles. The van der Waals surface area contributed by atoms with E-state index in [0.29, 0.717) is 38.8 Å². The first-order valence-corrected chi connectivity index (χ1v) is 17.9. The van der Waals surface area contributed by atoms with Crippen molar-refractivity contribution in [3.63, 3.8) is 0 Å². The van der Waals surface area contributed by atoms with E-state index in [4.69, 9.17) is 0 Å². The van der Waals surface area contributed by atoms with Crippen LogP contribution in [0.4, 0.5) is 0 Å². The third kappa shape index (κ3) is 18.4. The molecule has 8 nitrogen and oxygen atoms in total. The van der Waals surface area contributed by atoms with E-state index < -0.39 is 0 Å². The van der Waals surface area contributed by atoms with Crippen molar-refractivity contribution in [1.82, 2.24) is 19.6 Å². The lowest BCUT2D eigenvalue weighted by Gasteiger charge is -2.33. The first-order valence-electron chi connectivity index (χ1n) is 17.9. The Hall–Kier alpha value is -3.94. The SMILES string of the molecule is C=CCN(C/C=C/CN(C/C=C\C=C/C(=O)N(C)CCCCCCC/C=C/C(=O)N(CCCC)C1CCCCC1)C(=O)C=C)C(=O)C=C. The molecule has 0 radical (unpaired) electrons. The van der Waals surface area contributed by atoms with E-state index in [-0.39, 0.29) is 23.6 Å². The maximum atomic E-state index is 12.9. The molecule has 0 bridgehead atoms. The van der Waals surface area contributed by atoms with Gasteiger partial charge in [0.15, 0.2) is 0 Å². The number of allylic oxidation sites excluding steroid dienone is 3. The minimum atomic E-state index is -0.209. The zero-order valence-corrected chi connectivity index (χ0v) is 29.9. The summed E-state index contributed by atoms with van der Waals surface area (Å²) < 4.78 is 0. The Morgan fingerprint density at radius 1 is 0.625 bits per heavy atom. The minimum Gasteiger partial charge on any atom is -0.342 e. The molecule has 1 rings (SSSR count). The lowest BCUT2D eigenvalue weighted by molar-refractivity contribution is -0.129. The van der Waals surface area contributed by atoms with Gasteiger partial charge in [-0.15, -0.1) is 6.58 Å². The van der Waals surface area contributed by atoms with E-state index in [2.05, 4.69) is 37.6 Å². The van der Waals surface area contributed by atoms with Crippen LogP contribution in [0, 0.1) is 0 Å². The molecule has 0 aromatic rings. The van der Waals surface area contributed by atoms with Gasteiger partial charge in [0, 0.05) is 58.4 Å². The highest BCUT2D eigenvalue weighted by atomic mass is 16.2. The Bertz CT molecular complexity index is 1120. The molecule has 1 aliphatic carbocycles. The number of rotatable bonds is 25. The van der Waals surface area contributed by atoms with Gasteiger partial charge in [-0.05, 0) is 56.8 Å². The number of amides is 4. The van der Waals surface area contributed by atoms with Crippen LogP contribution in [0.25, 0.3) is 0 Å². The molecule has 0 aromatic heterocycles. The summed E-state index contributed by atoms with van der Waals surface area (Å²) in [6.45, 7) is 16.0. The monoisotopic (exact) mass is 662 g/mol. The van der Waals surface area contributed by atoms with Crippen LogP contribution in [-0.2, 0) is 19.2 Å². The van der Waals surface area contributed by atoms with Gasteiger partial charge in [0.1, 0.15) is 0 Å². The molecule has 0 atom stereocenters.